The molecule has 152 valence electrons. The fourth-order valence-electron chi connectivity index (χ4n) is 2.32. The van der Waals surface area contributed by atoms with Gasteiger partial charge in [0.1, 0.15) is 5.75 Å². The summed E-state index contributed by atoms with van der Waals surface area (Å²) in [6.45, 7) is 3.43. The van der Waals surface area contributed by atoms with Crippen molar-refractivity contribution < 1.29 is 9.53 Å². The quantitative estimate of drug-likeness (QED) is 0.207. The number of benzene rings is 2. The van der Waals surface area contributed by atoms with Crippen LogP contribution in [0, 0.1) is 0 Å². The van der Waals surface area contributed by atoms with Crippen LogP contribution in [-0.2, 0) is 11.3 Å². The number of hydrogen-bond acceptors (Lipinski definition) is 4. The highest BCUT2D eigenvalue weighted by Crippen LogP contribution is 2.21. The summed E-state index contributed by atoms with van der Waals surface area (Å²) in [5.74, 6) is 0.855. The maximum Gasteiger partial charge on any atom is 0.255 e. The summed E-state index contributed by atoms with van der Waals surface area (Å²) in [6, 6.07) is 17.9. The van der Waals surface area contributed by atoms with Gasteiger partial charge in [-0.15, -0.1) is 35.7 Å². The number of guanidine groups is 1. The summed E-state index contributed by atoms with van der Waals surface area (Å²) < 4.78 is 5.33. The van der Waals surface area contributed by atoms with Gasteiger partial charge < -0.3 is 21.1 Å². The normalized spacial score (nSPS) is 11.9. The van der Waals surface area contributed by atoms with Crippen LogP contribution in [0.25, 0.3) is 0 Å². The Bertz CT molecular complexity index is 759. The maximum absolute atomic E-state index is 10.8. The molecule has 2 rings (SSSR count). The smallest absolute Gasteiger partial charge is 0.255 e. The van der Waals surface area contributed by atoms with Crippen molar-refractivity contribution in [2.75, 3.05) is 20.2 Å². The average Bonchev–Trinajstić information content (AvgIpc) is 2.67. The molecule has 6 nitrogen and oxygen atoms in total. The van der Waals surface area contributed by atoms with Crippen molar-refractivity contribution in [2.45, 2.75) is 23.6 Å². The van der Waals surface area contributed by atoms with Gasteiger partial charge >= 0.3 is 0 Å². The second-order valence-electron chi connectivity index (χ2n) is 5.95. The molecule has 2 aromatic carbocycles. The van der Waals surface area contributed by atoms with E-state index in [9.17, 15) is 4.79 Å². The molecule has 0 aliphatic heterocycles. The molecule has 0 spiro atoms. The lowest BCUT2D eigenvalue weighted by Crippen LogP contribution is -2.39. The number of carbonyl (C=O) groups excluding carboxylic acids is 1. The van der Waals surface area contributed by atoms with Gasteiger partial charge in [0.2, 0.25) is 0 Å². The molecule has 0 bridgehead atoms. The number of ether oxygens (including phenoxy) is 1. The van der Waals surface area contributed by atoms with Crippen molar-refractivity contribution in [1.29, 1.82) is 0 Å². The van der Waals surface area contributed by atoms with Gasteiger partial charge in [0.05, 0.1) is 0 Å². The molecule has 28 heavy (non-hydrogen) atoms. The Kier molecular flexibility index (Phi) is 11.4. The third kappa shape index (κ3) is 9.32. The Morgan fingerprint density at radius 1 is 1.18 bits per heavy atom. The zero-order chi connectivity index (χ0) is 19.5. The number of nitrogens with two attached hydrogens (primary N) is 1. The number of primary amides is 1. The van der Waals surface area contributed by atoms with Gasteiger partial charge in [0.25, 0.3) is 5.91 Å². The monoisotopic (exact) mass is 514 g/mol. The molecule has 0 aliphatic rings. The molecule has 0 heterocycles. The molecule has 0 saturated carbocycles. The maximum atomic E-state index is 10.8. The van der Waals surface area contributed by atoms with Crippen molar-refractivity contribution in [3.8, 4) is 5.75 Å². The number of amides is 1. The van der Waals surface area contributed by atoms with E-state index in [1.807, 2.05) is 48.2 Å². The van der Waals surface area contributed by atoms with Gasteiger partial charge in [-0.2, -0.15) is 0 Å². The van der Waals surface area contributed by atoms with E-state index in [-0.39, 0.29) is 30.6 Å². The number of aliphatic imine (C=N–C) groups is 1. The summed E-state index contributed by atoms with van der Waals surface area (Å²) in [4.78, 5) is 16.3. The highest BCUT2D eigenvalue weighted by molar-refractivity contribution is 14.0. The Morgan fingerprint density at radius 3 is 2.61 bits per heavy atom. The minimum atomic E-state index is -0.495. The average molecular weight is 514 g/mol. The van der Waals surface area contributed by atoms with E-state index < -0.39 is 5.91 Å². The molecule has 1 amide bonds. The highest BCUT2D eigenvalue weighted by Gasteiger charge is 2.06. The minimum Gasteiger partial charge on any atom is -0.484 e. The molecule has 0 fully saturated rings. The molecule has 0 aromatic heterocycles. The molecule has 4 N–H and O–H groups in total. The minimum absolute atomic E-state index is 0. The van der Waals surface area contributed by atoms with E-state index in [0.717, 1.165) is 18.1 Å². The number of thioether (sulfide) groups is 1. The molecular weight excluding hydrogens is 487 g/mol. The molecule has 1 unspecified atom stereocenters. The number of carbonyl (C=O) groups is 1. The second kappa shape index (κ2) is 13.3. The summed E-state index contributed by atoms with van der Waals surface area (Å²) in [5.41, 5.74) is 6.12. The second-order valence-corrected chi connectivity index (χ2v) is 7.46. The molecule has 0 radical (unpaired) electrons. The Hall–Kier alpha value is -1.94. The van der Waals surface area contributed by atoms with E-state index in [1.165, 1.54) is 4.90 Å². The SMILES string of the molecule is CN=C(NCc1cccc(OCC(N)=O)c1)NCC(C)Sc1ccccc1.I. The Labute approximate surface area is 187 Å². The number of rotatable bonds is 9. The summed E-state index contributed by atoms with van der Waals surface area (Å²) in [6.07, 6.45) is 0. The standard InChI is InChI=1S/C20H26N4O2S.HI/c1-15(27-18-9-4-3-5-10-18)12-23-20(22-2)24-13-16-7-6-8-17(11-16)26-14-19(21)25;/h3-11,15H,12-14H2,1-2H3,(H2,21,25)(H2,22,23,24);1H. The number of nitrogens with zero attached hydrogens (tertiary/aromatic N) is 1. The molecule has 0 saturated heterocycles. The number of hydrogen-bond donors (Lipinski definition) is 3. The summed E-state index contributed by atoms with van der Waals surface area (Å²) in [7, 11) is 1.75. The number of nitrogens with one attached hydrogen (secondary N) is 2. The fourth-order valence-corrected chi connectivity index (χ4v) is 3.27. The fraction of sp³-hybridized carbons (Fsp3) is 0.300. The third-order valence-electron chi connectivity index (χ3n) is 3.60. The zero-order valence-corrected chi connectivity index (χ0v) is 19.2. The first-order chi connectivity index (χ1) is 13.1. The summed E-state index contributed by atoms with van der Waals surface area (Å²) in [5, 5.41) is 7.02. The van der Waals surface area contributed by atoms with E-state index in [0.29, 0.717) is 17.5 Å². The molecule has 8 heteroatoms. The van der Waals surface area contributed by atoms with Crippen LogP contribution in [0.1, 0.15) is 12.5 Å². The molecule has 0 aliphatic carbocycles. The molecule has 1 atom stereocenters. The first kappa shape index (κ1) is 24.1. The van der Waals surface area contributed by atoms with Crippen LogP contribution in [0.15, 0.2) is 64.5 Å². The molecular formula is C20H27IN4O2S. The van der Waals surface area contributed by atoms with Crippen LogP contribution in [0.3, 0.4) is 0 Å². The lowest BCUT2D eigenvalue weighted by atomic mass is 10.2. The first-order valence-electron chi connectivity index (χ1n) is 8.73. The van der Waals surface area contributed by atoms with Gasteiger partial charge in [-0.05, 0) is 29.8 Å². The van der Waals surface area contributed by atoms with Crippen molar-refractivity contribution in [2.24, 2.45) is 10.7 Å². The largest absolute Gasteiger partial charge is 0.484 e. The van der Waals surface area contributed by atoms with Gasteiger partial charge in [-0.3, -0.25) is 9.79 Å². The van der Waals surface area contributed by atoms with E-state index in [2.05, 4.69) is 34.7 Å². The van der Waals surface area contributed by atoms with Crippen LogP contribution in [-0.4, -0.2) is 37.3 Å². The van der Waals surface area contributed by atoms with E-state index >= 15 is 0 Å². The lowest BCUT2D eigenvalue weighted by molar-refractivity contribution is -0.119. The van der Waals surface area contributed by atoms with Crippen molar-refractivity contribution in [3.63, 3.8) is 0 Å². The molecule has 2 aromatic rings. The van der Waals surface area contributed by atoms with Gasteiger partial charge in [0.15, 0.2) is 12.6 Å². The van der Waals surface area contributed by atoms with Gasteiger partial charge in [-0.25, -0.2) is 0 Å². The third-order valence-corrected chi connectivity index (χ3v) is 4.71. The Morgan fingerprint density at radius 2 is 1.93 bits per heavy atom. The van der Waals surface area contributed by atoms with Crippen molar-refractivity contribution >= 4 is 47.6 Å². The van der Waals surface area contributed by atoms with Gasteiger partial charge in [-0.1, -0.05) is 37.3 Å². The van der Waals surface area contributed by atoms with Crippen LogP contribution in [0.4, 0.5) is 0 Å². The summed E-state index contributed by atoms with van der Waals surface area (Å²) >= 11 is 1.82. The number of halogens is 1. The lowest BCUT2D eigenvalue weighted by Gasteiger charge is -2.16. The van der Waals surface area contributed by atoms with Crippen molar-refractivity contribution in [3.05, 3.63) is 60.2 Å². The van der Waals surface area contributed by atoms with E-state index in [1.54, 1.807) is 13.1 Å². The Balaban J connectivity index is 0.00000392. The predicted octanol–water partition coefficient (Wildman–Crippen LogP) is 3.01. The van der Waals surface area contributed by atoms with Crippen molar-refractivity contribution in [1.82, 2.24) is 10.6 Å². The highest BCUT2D eigenvalue weighted by atomic mass is 127. The zero-order valence-electron chi connectivity index (χ0n) is 16.1. The van der Waals surface area contributed by atoms with Crippen LogP contribution < -0.4 is 21.1 Å². The van der Waals surface area contributed by atoms with Gasteiger partial charge in [0, 0.05) is 30.3 Å². The topological polar surface area (TPSA) is 88.7 Å². The predicted molar refractivity (Wildman–Crippen MR) is 127 cm³/mol. The van der Waals surface area contributed by atoms with Crippen LogP contribution in [0.2, 0.25) is 0 Å². The first-order valence-corrected chi connectivity index (χ1v) is 9.61. The van der Waals surface area contributed by atoms with Crippen LogP contribution in [0.5, 0.6) is 5.75 Å². The van der Waals surface area contributed by atoms with E-state index in [4.69, 9.17) is 10.5 Å². The van der Waals surface area contributed by atoms with Crippen LogP contribution >= 0.6 is 35.7 Å².